The van der Waals surface area contributed by atoms with Crippen LogP contribution < -0.4 is 5.32 Å². The molecule has 0 bridgehead atoms. The number of ether oxygens (including phenoxy) is 1. The first kappa shape index (κ1) is 21.7. The highest BCUT2D eigenvalue weighted by Crippen LogP contribution is 2.28. The molecule has 1 heterocycles. The van der Waals surface area contributed by atoms with Crippen molar-refractivity contribution in [1.82, 2.24) is 9.88 Å². The number of para-hydroxylation sites is 1. The quantitative estimate of drug-likeness (QED) is 0.522. The molecule has 0 atom stereocenters. The molecule has 3 aromatic rings. The summed E-state index contributed by atoms with van der Waals surface area (Å²) in [6, 6.07) is 16.5. The number of halogens is 2. The Morgan fingerprint density at radius 1 is 1.07 bits per heavy atom. The van der Waals surface area contributed by atoms with E-state index in [4.69, 9.17) is 21.4 Å². The summed E-state index contributed by atoms with van der Waals surface area (Å²) in [6.07, 6.45) is 0. The molecule has 0 amide bonds. The molecule has 146 valence electrons. The van der Waals surface area contributed by atoms with E-state index < -0.39 is 0 Å². The molecular weight excluding hydrogens is 383 g/mol. The third kappa shape index (κ3) is 5.24. The summed E-state index contributed by atoms with van der Waals surface area (Å²) >= 11 is 6.37. The van der Waals surface area contributed by atoms with Crippen molar-refractivity contribution in [2.45, 2.75) is 20.0 Å². The molecule has 0 radical (unpaired) electrons. The van der Waals surface area contributed by atoms with E-state index in [1.807, 2.05) is 18.2 Å². The Balaban J connectivity index is 0.00000261. The summed E-state index contributed by atoms with van der Waals surface area (Å²) in [5.41, 5.74) is 4.89. The zero-order chi connectivity index (χ0) is 18.4. The second kappa shape index (κ2) is 10.7. The normalized spacial score (nSPS) is 10.9. The van der Waals surface area contributed by atoms with Gasteiger partial charge in [-0.2, -0.15) is 0 Å². The van der Waals surface area contributed by atoms with Gasteiger partial charge in [0.1, 0.15) is 0 Å². The Kier molecular flexibility index (Phi) is 8.61. The number of aliphatic hydroxyl groups is 1. The summed E-state index contributed by atoms with van der Waals surface area (Å²) in [6.45, 7) is 5.50. The standard InChI is InChI=1S/C21H25ClN2O2.ClH/c1-16-19(14-23-10-12-26-13-11-25)18-7-3-5-9-21(18)24(16)15-17-6-2-4-8-20(17)22;/h2-9,23,25H,10-15H2,1H3;1H. The third-order valence-electron chi connectivity index (χ3n) is 4.61. The average Bonchev–Trinajstić information content (AvgIpc) is 2.92. The van der Waals surface area contributed by atoms with Crippen LogP contribution in [0.3, 0.4) is 0 Å². The predicted octanol–water partition coefficient (Wildman–Crippen LogP) is 4.17. The summed E-state index contributed by atoms with van der Waals surface area (Å²) in [5, 5.41) is 14.2. The molecular formula is C21H26Cl2N2O2. The fraction of sp³-hybridized carbons (Fsp3) is 0.333. The minimum Gasteiger partial charge on any atom is -0.394 e. The van der Waals surface area contributed by atoms with Crippen molar-refractivity contribution >= 4 is 34.9 Å². The molecule has 2 N–H and O–H groups in total. The molecule has 0 aliphatic heterocycles. The van der Waals surface area contributed by atoms with E-state index >= 15 is 0 Å². The maximum Gasteiger partial charge on any atom is 0.0698 e. The maximum atomic E-state index is 8.74. The lowest BCUT2D eigenvalue weighted by molar-refractivity contribution is 0.0938. The van der Waals surface area contributed by atoms with Crippen molar-refractivity contribution < 1.29 is 9.84 Å². The Hall–Kier alpha value is -1.56. The van der Waals surface area contributed by atoms with Crippen LogP contribution in [0.5, 0.6) is 0 Å². The lowest BCUT2D eigenvalue weighted by Gasteiger charge is -2.11. The fourth-order valence-electron chi connectivity index (χ4n) is 3.25. The van der Waals surface area contributed by atoms with Crippen LogP contribution in [0.2, 0.25) is 5.02 Å². The number of aromatic nitrogens is 1. The van der Waals surface area contributed by atoms with Crippen LogP contribution in [0.25, 0.3) is 10.9 Å². The van der Waals surface area contributed by atoms with Crippen LogP contribution in [0, 0.1) is 6.92 Å². The van der Waals surface area contributed by atoms with Gasteiger partial charge in [-0.3, -0.25) is 0 Å². The number of fused-ring (bicyclic) bond motifs is 1. The van der Waals surface area contributed by atoms with Crippen LogP contribution in [-0.2, 0) is 17.8 Å². The Labute approximate surface area is 171 Å². The lowest BCUT2D eigenvalue weighted by Crippen LogP contribution is -2.20. The smallest absolute Gasteiger partial charge is 0.0698 e. The highest BCUT2D eigenvalue weighted by molar-refractivity contribution is 6.31. The maximum absolute atomic E-state index is 8.74. The van der Waals surface area contributed by atoms with Gasteiger partial charge < -0.3 is 19.7 Å². The number of benzene rings is 2. The molecule has 3 rings (SSSR count). The number of hydrogen-bond donors (Lipinski definition) is 2. The summed E-state index contributed by atoms with van der Waals surface area (Å²) in [4.78, 5) is 0. The Morgan fingerprint density at radius 3 is 2.59 bits per heavy atom. The first-order valence-electron chi connectivity index (χ1n) is 8.91. The van der Waals surface area contributed by atoms with Crippen LogP contribution >= 0.6 is 24.0 Å². The number of hydrogen-bond acceptors (Lipinski definition) is 3. The highest BCUT2D eigenvalue weighted by atomic mass is 35.5. The van der Waals surface area contributed by atoms with Crippen molar-refractivity contribution in [3.8, 4) is 0 Å². The van der Waals surface area contributed by atoms with Crippen molar-refractivity contribution in [3.63, 3.8) is 0 Å². The van der Waals surface area contributed by atoms with Crippen LogP contribution in [0.1, 0.15) is 16.8 Å². The summed E-state index contributed by atoms with van der Waals surface area (Å²) in [7, 11) is 0. The number of rotatable bonds is 9. The molecule has 0 fully saturated rings. The molecule has 0 aliphatic carbocycles. The SMILES string of the molecule is Cc1c(CNCCOCCO)c2ccccc2n1Cc1ccccc1Cl.Cl. The topological polar surface area (TPSA) is 46.4 Å². The first-order valence-corrected chi connectivity index (χ1v) is 9.29. The van der Waals surface area contributed by atoms with Crippen LogP contribution in [-0.4, -0.2) is 36.0 Å². The van der Waals surface area contributed by atoms with E-state index in [0.29, 0.717) is 13.2 Å². The largest absolute Gasteiger partial charge is 0.394 e. The molecule has 0 unspecified atom stereocenters. The molecule has 0 aliphatic rings. The molecule has 4 nitrogen and oxygen atoms in total. The molecule has 0 saturated heterocycles. The molecule has 1 aromatic heterocycles. The molecule has 2 aromatic carbocycles. The van der Waals surface area contributed by atoms with Gasteiger partial charge in [-0.05, 0) is 30.2 Å². The second-order valence-electron chi connectivity index (χ2n) is 6.27. The van der Waals surface area contributed by atoms with Gasteiger partial charge in [-0.15, -0.1) is 12.4 Å². The number of nitrogens with one attached hydrogen (secondary N) is 1. The zero-order valence-corrected chi connectivity index (χ0v) is 17.0. The van der Waals surface area contributed by atoms with Gasteiger partial charge in [0.05, 0.1) is 19.8 Å². The first-order chi connectivity index (χ1) is 12.7. The Morgan fingerprint density at radius 2 is 1.81 bits per heavy atom. The zero-order valence-electron chi connectivity index (χ0n) is 15.5. The molecule has 0 saturated carbocycles. The second-order valence-corrected chi connectivity index (χ2v) is 6.68. The number of aliphatic hydroxyl groups excluding tert-OH is 1. The third-order valence-corrected chi connectivity index (χ3v) is 4.98. The van der Waals surface area contributed by atoms with Gasteiger partial charge in [0.2, 0.25) is 0 Å². The van der Waals surface area contributed by atoms with E-state index in [9.17, 15) is 0 Å². The van der Waals surface area contributed by atoms with E-state index in [1.54, 1.807) is 0 Å². The monoisotopic (exact) mass is 408 g/mol. The van der Waals surface area contributed by atoms with Gasteiger partial charge >= 0.3 is 0 Å². The summed E-state index contributed by atoms with van der Waals surface area (Å²) in [5.74, 6) is 0. The van der Waals surface area contributed by atoms with Crippen molar-refractivity contribution in [1.29, 1.82) is 0 Å². The summed E-state index contributed by atoms with van der Waals surface area (Å²) < 4.78 is 7.63. The highest BCUT2D eigenvalue weighted by Gasteiger charge is 2.14. The van der Waals surface area contributed by atoms with Crippen LogP contribution in [0.4, 0.5) is 0 Å². The van der Waals surface area contributed by atoms with Crippen molar-refractivity contribution in [3.05, 3.63) is 70.4 Å². The van der Waals surface area contributed by atoms with Gasteiger partial charge in [0, 0.05) is 41.3 Å². The average molecular weight is 409 g/mol. The molecule has 27 heavy (non-hydrogen) atoms. The molecule has 6 heteroatoms. The number of nitrogens with zero attached hydrogens (tertiary/aromatic N) is 1. The van der Waals surface area contributed by atoms with E-state index in [-0.39, 0.29) is 19.0 Å². The van der Waals surface area contributed by atoms with Crippen LogP contribution in [0.15, 0.2) is 48.5 Å². The predicted molar refractivity (Wildman–Crippen MR) is 114 cm³/mol. The van der Waals surface area contributed by atoms with Crippen molar-refractivity contribution in [2.75, 3.05) is 26.4 Å². The lowest BCUT2D eigenvalue weighted by atomic mass is 10.1. The van der Waals surface area contributed by atoms with E-state index in [2.05, 4.69) is 47.1 Å². The van der Waals surface area contributed by atoms with Gasteiger partial charge in [0.25, 0.3) is 0 Å². The van der Waals surface area contributed by atoms with Gasteiger partial charge in [0.15, 0.2) is 0 Å². The van der Waals surface area contributed by atoms with Crippen molar-refractivity contribution in [2.24, 2.45) is 0 Å². The minimum atomic E-state index is 0. The van der Waals surface area contributed by atoms with E-state index in [1.165, 1.54) is 22.2 Å². The Bertz CT molecular complexity index is 865. The fourth-order valence-corrected chi connectivity index (χ4v) is 3.45. The molecule has 0 spiro atoms. The van der Waals surface area contributed by atoms with E-state index in [0.717, 1.165) is 30.2 Å². The minimum absolute atomic E-state index is 0. The van der Waals surface area contributed by atoms with Gasteiger partial charge in [-0.1, -0.05) is 48.0 Å². The van der Waals surface area contributed by atoms with Gasteiger partial charge in [-0.25, -0.2) is 0 Å².